The minimum absolute atomic E-state index is 0.212. The molecule has 1 unspecified atom stereocenters. The fourth-order valence-electron chi connectivity index (χ4n) is 5.56. The lowest BCUT2D eigenvalue weighted by atomic mass is 9.97. The molecule has 2 aromatic carbocycles. The fourth-order valence-corrected chi connectivity index (χ4v) is 5.82. The molecule has 5 heterocycles. The number of imidazole rings is 1. The molecule has 8 nitrogen and oxygen atoms in total. The monoisotopic (exact) mass is 533 g/mol. The van der Waals surface area contributed by atoms with Crippen molar-refractivity contribution in [3.05, 3.63) is 65.2 Å². The molecule has 0 spiro atoms. The van der Waals surface area contributed by atoms with Crippen LogP contribution in [0.1, 0.15) is 30.9 Å². The Kier molecular flexibility index (Phi) is 6.30. The van der Waals surface area contributed by atoms with Crippen LogP contribution >= 0.6 is 11.6 Å². The van der Waals surface area contributed by atoms with Crippen LogP contribution in [0, 0.1) is 0 Å². The minimum atomic E-state index is -0.630. The molecule has 38 heavy (non-hydrogen) atoms. The average Bonchev–Trinajstić information content (AvgIpc) is 3.65. The van der Waals surface area contributed by atoms with Crippen LogP contribution in [0.2, 0.25) is 5.02 Å². The average molecular weight is 534 g/mol. The second-order valence-electron chi connectivity index (χ2n) is 10.1. The van der Waals surface area contributed by atoms with Crippen LogP contribution in [0.4, 0.5) is 0 Å². The zero-order valence-electron chi connectivity index (χ0n) is 20.7. The van der Waals surface area contributed by atoms with Gasteiger partial charge < -0.3 is 29.0 Å². The van der Waals surface area contributed by atoms with Gasteiger partial charge in [-0.1, -0.05) is 60.1 Å². The van der Waals surface area contributed by atoms with Gasteiger partial charge in [-0.15, -0.1) is 0 Å². The number of aliphatic hydroxyl groups is 1. The van der Waals surface area contributed by atoms with E-state index in [0.717, 1.165) is 36.1 Å². The highest BCUT2D eigenvalue weighted by atomic mass is 35.5. The van der Waals surface area contributed by atoms with E-state index in [1.54, 1.807) is 0 Å². The molecule has 5 atom stereocenters. The van der Waals surface area contributed by atoms with Crippen molar-refractivity contribution in [1.82, 2.24) is 15.0 Å². The molecule has 0 amide bonds. The number of halogens is 1. The Balaban J connectivity index is 1.09. The maximum Gasteiger partial charge on any atom is 0.296 e. The van der Waals surface area contributed by atoms with E-state index in [2.05, 4.69) is 46.4 Å². The van der Waals surface area contributed by atoms with Gasteiger partial charge in [-0.25, -0.2) is 4.98 Å². The highest BCUT2D eigenvalue weighted by Gasteiger charge is 2.48. The van der Waals surface area contributed by atoms with E-state index in [1.165, 1.54) is 12.0 Å². The van der Waals surface area contributed by atoms with Gasteiger partial charge in [-0.05, 0) is 42.0 Å². The first-order valence-corrected chi connectivity index (χ1v) is 13.5. The number of nitrogens with one attached hydrogen (secondary N) is 1. The highest BCUT2D eigenvalue weighted by Crippen LogP contribution is 2.34. The summed E-state index contributed by atoms with van der Waals surface area (Å²) in [7, 11) is 0. The number of aliphatic hydroxyl groups excluding tert-OH is 1. The lowest BCUT2D eigenvalue weighted by Crippen LogP contribution is -2.34. The number of fused-ring (bicyclic) bond motifs is 2. The van der Waals surface area contributed by atoms with Crippen molar-refractivity contribution in [1.29, 1.82) is 0 Å². The summed E-state index contributed by atoms with van der Waals surface area (Å²) < 4.78 is 23.2. The van der Waals surface area contributed by atoms with Crippen LogP contribution in [-0.4, -0.2) is 64.3 Å². The second kappa shape index (κ2) is 9.94. The Morgan fingerprint density at radius 2 is 1.61 bits per heavy atom. The zero-order chi connectivity index (χ0) is 25.6. The van der Waals surface area contributed by atoms with E-state index in [4.69, 9.17) is 35.5 Å². The van der Waals surface area contributed by atoms with Crippen molar-refractivity contribution < 1.29 is 24.1 Å². The van der Waals surface area contributed by atoms with Crippen molar-refractivity contribution in [3.63, 3.8) is 0 Å². The number of aromatic amines is 1. The quantitative estimate of drug-likeness (QED) is 0.368. The molecule has 196 valence electrons. The fraction of sp³-hybridized carbons (Fsp3) is 0.379. The summed E-state index contributed by atoms with van der Waals surface area (Å²) in [5.74, 6) is 0. The van der Waals surface area contributed by atoms with Gasteiger partial charge in [0, 0.05) is 12.2 Å². The summed E-state index contributed by atoms with van der Waals surface area (Å²) in [6.45, 7) is 1.42. The number of nitrogens with zero attached hydrogens (tertiary/aromatic N) is 2. The van der Waals surface area contributed by atoms with E-state index >= 15 is 0 Å². The SMILES string of the molecule is O[C@@H]1CO[C@H]2[C@@H]1OC[C@H]2Oc1nc2nc(-c3ccc(-c4ccc(C5CCCCO5)cc4)cc3)c(Cl)cc2[nH]1. The second-order valence-corrected chi connectivity index (χ2v) is 10.5. The summed E-state index contributed by atoms with van der Waals surface area (Å²) in [6.07, 6.45) is 2.00. The lowest BCUT2D eigenvalue weighted by molar-refractivity contribution is 0.00706. The number of hydrogen-bond acceptors (Lipinski definition) is 7. The van der Waals surface area contributed by atoms with Gasteiger partial charge in [0.1, 0.15) is 18.3 Å². The number of ether oxygens (including phenoxy) is 4. The number of hydrogen-bond donors (Lipinski definition) is 2. The number of benzene rings is 2. The number of H-pyrrole nitrogens is 1. The van der Waals surface area contributed by atoms with Crippen molar-refractivity contribution in [2.24, 2.45) is 0 Å². The first kappa shape index (κ1) is 24.1. The minimum Gasteiger partial charge on any atom is -0.456 e. The van der Waals surface area contributed by atoms with Crippen molar-refractivity contribution in [2.75, 3.05) is 19.8 Å². The Labute approximate surface area is 224 Å². The standard InChI is InChI=1S/C29H28ClN3O5/c30-20-13-21-28(33-29(31-21)38-24-15-37-26-22(34)14-36-27(24)26)32-25(20)19-10-6-17(7-11-19)16-4-8-18(9-5-16)23-3-1-2-12-35-23/h4-11,13,22-24,26-27,34H,1-3,12,14-15H2,(H,31,32,33)/t22-,23?,24-,26-,27-/m1/s1. The van der Waals surface area contributed by atoms with Crippen LogP contribution in [-0.2, 0) is 14.2 Å². The third-order valence-corrected chi connectivity index (χ3v) is 7.89. The van der Waals surface area contributed by atoms with Gasteiger partial charge in [-0.2, -0.15) is 4.98 Å². The number of pyridine rings is 1. The van der Waals surface area contributed by atoms with E-state index in [1.807, 2.05) is 18.2 Å². The Morgan fingerprint density at radius 1 is 0.868 bits per heavy atom. The predicted octanol–water partition coefficient (Wildman–Crippen LogP) is 5.09. The molecular weight excluding hydrogens is 506 g/mol. The van der Waals surface area contributed by atoms with Gasteiger partial charge in [0.15, 0.2) is 11.8 Å². The molecule has 0 bridgehead atoms. The highest BCUT2D eigenvalue weighted by molar-refractivity contribution is 6.33. The Hall–Kier alpha value is -3.01. The number of rotatable bonds is 5. The molecule has 0 aliphatic carbocycles. The summed E-state index contributed by atoms with van der Waals surface area (Å²) in [6, 6.07) is 19.0. The van der Waals surface area contributed by atoms with Gasteiger partial charge in [0.25, 0.3) is 6.01 Å². The Morgan fingerprint density at radius 3 is 2.37 bits per heavy atom. The van der Waals surface area contributed by atoms with Crippen LogP contribution in [0.5, 0.6) is 6.01 Å². The third kappa shape index (κ3) is 4.46. The van der Waals surface area contributed by atoms with Crippen LogP contribution in [0.25, 0.3) is 33.5 Å². The topological polar surface area (TPSA) is 98.7 Å². The van der Waals surface area contributed by atoms with E-state index in [9.17, 15) is 5.11 Å². The number of aromatic nitrogens is 3. The van der Waals surface area contributed by atoms with Crippen molar-refractivity contribution >= 4 is 22.8 Å². The molecule has 2 N–H and O–H groups in total. The first-order chi connectivity index (χ1) is 18.6. The van der Waals surface area contributed by atoms with E-state index < -0.39 is 6.10 Å². The first-order valence-electron chi connectivity index (χ1n) is 13.1. The predicted molar refractivity (Wildman–Crippen MR) is 142 cm³/mol. The van der Waals surface area contributed by atoms with Crippen LogP contribution in [0.3, 0.4) is 0 Å². The normalized spacial score (nSPS) is 27.1. The molecule has 9 heteroatoms. The molecule has 0 saturated carbocycles. The van der Waals surface area contributed by atoms with Crippen LogP contribution < -0.4 is 4.74 Å². The molecule has 3 aliphatic heterocycles. The summed E-state index contributed by atoms with van der Waals surface area (Å²) in [4.78, 5) is 12.4. The van der Waals surface area contributed by atoms with Gasteiger partial charge in [0.2, 0.25) is 0 Å². The summed E-state index contributed by atoms with van der Waals surface area (Å²) in [5.41, 5.74) is 6.25. The van der Waals surface area contributed by atoms with Gasteiger partial charge >= 0.3 is 0 Å². The summed E-state index contributed by atoms with van der Waals surface area (Å²) >= 11 is 6.62. The molecule has 4 aromatic rings. The smallest absolute Gasteiger partial charge is 0.296 e. The Bertz CT molecular complexity index is 1440. The molecule has 3 saturated heterocycles. The van der Waals surface area contributed by atoms with Gasteiger partial charge in [-0.3, -0.25) is 0 Å². The van der Waals surface area contributed by atoms with Crippen molar-refractivity contribution in [2.45, 2.75) is 49.8 Å². The third-order valence-electron chi connectivity index (χ3n) is 7.60. The molecule has 2 aromatic heterocycles. The van der Waals surface area contributed by atoms with E-state index in [0.29, 0.717) is 34.5 Å². The molecule has 3 fully saturated rings. The molecule has 3 aliphatic rings. The lowest BCUT2D eigenvalue weighted by Gasteiger charge is -2.23. The largest absolute Gasteiger partial charge is 0.456 e. The molecule has 0 radical (unpaired) electrons. The van der Waals surface area contributed by atoms with Gasteiger partial charge in [0.05, 0.1) is 35.6 Å². The maximum atomic E-state index is 9.95. The van der Waals surface area contributed by atoms with Crippen molar-refractivity contribution in [3.8, 4) is 28.4 Å². The van der Waals surface area contributed by atoms with Crippen LogP contribution in [0.15, 0.2) is 54.6 Å². The van der Waals surface area contributed by atoms with E-state index in [-0.39, 0.29) is 31.0 Å². The zero-order valence-corrected chi connectivity index (χ0v) is 21.4. The molecule has 7 rings (SSSR count). The summed E-state index contributed by atoms with van der Waals surface area (Å²) in [5, 5.41) is 10.5. The maximum absolute atomic E-state index is 9.95. The molecular formula is C29H28ClN3O5.